The molecule has 0 aliphatic heterocycles. The molecule has 67 heavy (non-hydrogen) atoms. The van der Waals surface area contributed by atoms with E-state index in [1.54, 1.807) is 11.3 Å². The molecule has 338 valence electrons. The summed E-state index contributed by atoms with van der Waals surface area (Å²) in [5, 5.41) is 15.3. The van der Waals surface area contributed by atoms with Gasteiger partial charge in [-0.25, -0.2) is 4.98 Å². The minimum atomic E-state index is -0.198. The third-order valence-electron chi connectivity index (χ3n) is 13.0. The van der Waals surface area contributed by atoms with E-state index in [4.69, 9.17) is 9.97 Å². The summed E-state index contributed by atoms with van der Waals surface area (Å²) in [5.74, 6) is 1.06. The molecule has 0 aliphatic carbocycles. The first-order valence-electron chi connectivity index (χ1n) is 23.0. The number of benzene rings is 7. The Labute approximate surface area is 413 Å². The molecule has 10 aromatic rings. The molecule has 0 atom stereocenters. The average molecular weight is 1070 g/mol. The third-order valence-corrected chi connectivity index (χ3v) is 14.3. The molecule has 0 unspecified atom stereocenters. The van der Waals surface area contributed by atoms with Crippen LogP contribution in [0.25, 0.3) is 93.0 Å². The van der Waals surface area contributed by atoms with Gasteiger partial charge in [0.05, 0.1) is 28.2 Å². The zero-order valence-corrected chi connectivity index (χ0v) is 43.0. The number of hydrogen-bond acceptors (Lipinski definition) is 4. The maximum atomic E-state index is 12.4. The number of aryl methyl sites for hydroxylation is 1. The summed E-state index contributed by atoms with van der Waals surface area (Å²) in [6.45, 7) is 22.5. The molecule has 7 aromatic carbocycles. The number of aromatic hydroxyl groups is 1. The second-order valence-electron chi connectivity index (χ2n) is 20.8. The van der Waals surface area contributed by atoms with Crippen molar-refractivity contribution >= 4 is 43.2 Å². The molecule has 0 saturated heterocycles. The molecule has 6 heteroatoms. The van der Waals surface area contributed by atoms with Gasteiger partial charge in [0.15, 0.2) is 0 Å². The fourth-order valence-electron chi connectivity index (χ4n) is 9.41. The zero-order chi connectivity index (χ0) is 46.3. The number of phenols is 1. The van der Waals surface area contributed by atoms with E-state index >= 15 is 0 Å². The van der Waals surface area contributed by atoms with Crippen LogP contribution < -0.4 is 0 Å². The Morgan fingerprint density at radius 2 is 1.21 bits per heavy atom. The van der Waals surface area contributed by atoms with Crippen LogP contribution in [-0.2, 0) is 37.3 Å². The monoisotopic (exact) mass is 1070 g/mol. The number of para-hydroxylation sites is 2. The van der Waals surface area contributed by atoms with Gasteiger partial charge < -0.3 is 9.67 Å². The molecule has 1 N–H and O–H groups in total. The van der Waals surface area contributed by atoms with Crippen LogP contribution in [0.15, 0.2) is 152 Å². The van der Waals surface area contributed by atoms with Crippen molar-refractivity contribution in [3.8, 4) is 66.9 Å². The van der Waals surface area contributed by atoms with Crippen molar-refractivity contribution in [3.05, 3.63) is 180 Å². The van der Waals surface area contributed by atoms with Crippen molar-refractivity contribution in [2.45, 2.75) is 85.5 Å². The molecule has 0 aliphatic rings. The van der Waals surface area contributed by atoms with Crippen LogP contribution in [0.3, 0.4) is 0 Å². The number of fused-ring (bicyclic) bond motifs is 3. The van der Waals surface area contributed by atoms with Gasteiger partial charge in [-0.3, -0.25) is 4.98 Å². The number of aromatic nitrogens is 3. The van der Waals surface area contributed by atoms with E-state index in [2.05, 4.69) is 219 Å². The van der Waals surface area contributed by atoms with Gasteiger partial charge in [0, 0.05) is 63.8 Å². The number of pyridine rings is 1. The smallest absolute Gasteiger partial charge is 0.132 e. The Morgan fingerprint density at radius 1 is 0.582 bits per heavy atom. The van der Waals surface area contributed by atoms with Gasteiger partial charge in [-0.2, -0.15) is 0 Å². The van der Waals surface area contributed by atoms with E-state index in [0.717, 1.165) is 105 Å². The third kappa shape index (κ3) is 8.25. The molecular formula is C61H56N3OPtS-. The fourth-order valence-corrected chi connectivity index (χ4v) is 10.7. The number of rotatable bonds is 6. The normalized spacial score (nSPS) is 12.3. The number of thiophene rings is 1. The van der Waals surface area contributed by atoms with E-state index in [0.29, 0.717) is 0 Å². The second kappa shape index (κ2) is 17.2. The van der Waals surface area contributed by atoms with E-state index in [9.17, 15) is 5.11 Å². The van der Waals surface area contributed by atoms with Gasteiger partial charge in [-0.15, -0.1) is 46.2 Å². The van der Waals surface area contributed by atoms with Crippen LogP contribution in [0, 0.1) is 13.0 Å². The Hall–Kier alpha value is -6.13. The summed E-state index contributed by atoms with van der Waals surface area (Å²) < 4.78 is 3.43. The minimum Gasteiger partial charge on any atom is -0.507 e. The Morgan fingerprint density at radius 3 is 1.88 bits per heavy atom. The Bertz CT molecular complexity index is 3460. The topological polar surface area (TPSA) is 50.9 Å². The SMILES string of the molecule is Cc1c(-c2ccccc2)sc2cc(-c3cccc4c3nc(-c3[c-]c(C(C)(C)C)cc(C(C)(C)C)c3)n4-c3ccccc3-c3ccccc3)nc(-c3cc(C(C)(C)C)c4ccccc4c3O)c12.[Pt]. The second-order valence-corrected chi connectivity index (χ2v) is 21.8. The van der Waals surface area contributed by atoms with Crippen LogP contribution >= 0.6 is 11.3 Å². The average Bonchev–Trinajstić information content (AvgIpc) is 3.86. The van der Waals surface area contributed by atoms with Crippen LogP contribution in [0.4, 0.5) is 0 Å². The molecular weight excluding hydrogens is 1020 g/mol. The van der Waals surface area contributed by atoms with Crippen LogP contribution in [-0.4, -0.2) is 19.6 Å². The number of nitrogens with zero attached hydrogens (tertiary/aromatic N) is 3. The zero-order valence-electron chi connectivity index (χ0n) is 39.9. The van der Waals surface area contributed by atoms with E-state index in [1.807, 2.05) is 12.1 Å². The molecule has 3 heterocycles. The number of hydrogen-bond donors (Lipinski definition) is 1. The molecule has 3 aromatic heterocycles. The van der Waals surface area contributed by atoms with Gasteiger partial charge in [-0.1, -0.05) is 178 Å². The predicted octanol–water partition coefficient (Wildman–Crippen LogP) is 16.8. The quantitative estimate of drug-likeness (QED) is 0.169. The largest absolute Gasteiger partial charge is 0.507 e. The summed E-state index contributed by atoms with van der Waals surface area (Å²) >= 11 is 1.78. The van der Waals surface area contributed by atoms with Gasteiger partial charge in [0.2, 0.25) is 0 Å². The summed E-state index contributed by atoms with van der Waals surface area (Å²) in [6.07, 6.45) is 0. The van der Waals surface area contributed by atoms with Gasteiger partial charge in [-0.05, 0) is 75.1 Å². The van der Waals surface area contributed by atoms with Crippen molar-refractivity contribution in [1.29, 1.82) is 0 Å². The van der Waals surface area contributed by atoms with Crippen molar-refractivity contribution in [1.82, 2.24) is 14.5 Å². The van der Waals surface area contributed by atoms with E-state index in [-0.39, 0.29) is 43.1 Å². The van der Waals surface area contributed by atoms with Crippen molar-refractivity contribution in [3.63, 3.8) is 0 Å². The Balaban J connectivity index is 0.00000562. The van der Waals surface area contributed by atoms with Crippen LogP contribution in [0.1, 0.15) is 84.6 Å². The standard InChI is InChI=1S/C61H56N3OS.Pt/c1-37-53-52(66-57(37)39-24-15-12-16-25-39)36-49(62-55(53)47-35-48(61(8,9)10)44-27-17-18-28-45(44)56(47)65)46-29-21-31-51-54(46)63-58(40-32-41(59(2,3)4)34-42(33-40)60(5,6)7)64(51)50-30-20-19-26-43(50)38-22-13-11-14-23-38;/h11-32,34-36,65H,1-10H3;/q-1;. The molecule has 0 radical (unpaired) electrons. The molecule has 4 nitrogen and oxygen atoms in total. The van der Waals surface area contributed by atoms with Gasteiger partial charge >= 0.3 is 0 Å². The van der Waals surface area contributed by atoms with E-state index in [1.165, 1.54) is 10.4 Å². The van der Waals surface area contributed by atoms with Crippen molar-refractivity contribution in [2.24, 2.45) is 0 Å². The molecule has 10 rings (SSSR count). The fraction of sp³-hybridized carbons (Fsp3) is 0.213. The summed E-state index contributed by atoms with van der Waals surface area (Å²) in [4.78, 5) is 12.6. The van der Waals surface area contributed by atoms with Crippen molar-refractivity contribution < 1.29 is 26.2 Å². The first-order chi connectivity index (χ1) is 31.5. The molecule has 0 saturated carbocycles. The summed E-state index contributed by atoms with van der Waals surface area (Å²) in [7, 11) is 0. The molecule has 0 spiro atoms. The maximum absolute atomic E-state index is 12.4. The summed E-state index contributed by atoms with van der Waals surface area (Å²) in [6, 6.07) is 57.4. The minimum absolute atomic E-state index is 0. The first kappa shape index (κ1) is 46.0. The first-order valence-corrected chi connectivity index (χ1v) is 23.8. The van der Waals surface area contributed by atoms with Crippen molar-refractivity contribution in [2.75, 3.05) is 0 Å². The van der Waals surface area contributed by atoms with Crippen LogP contribution in [0.2, 0.25) is 0 Å². The molecule has 0 bridgehead atoms. The number of imidazole rings is 1. The molecule has 0 fully saturated rings. The van der Waals surface area contributed by atoms with Gasteiger partial charge in [0.25, 0.3) is 0 Å². The van der Waals surface area contributed by atoms with E-state index < -0.39 is 0 Å². The van der Waals surface area contributed by atoms with Gasteiger partial charge in [0.1, 0.15) is 5.75 Å². The molecule has 0 amide bonds. The number of phenolic OH excluding ortho intramolecular Hbond substituents is 1. The Kier molecular flexibility index (Phi) is 11.8. The predicted molar refractivity (Wildman–Crippen MR) is 280 cm³/mol. The van der Waals surface area contributed by atoms with Crippen LogP contribution in [0.5, 0.6) is 5.75 Å². The summed E-state index contributed by atoms with van der Waals surface area (Å²) in [5.41, 5.74) is 14.6. The maximum Gasteiger partial charge on any atom is 0.132 e.